The van der Waals surface area contributed by atoms with Crippen molar-refractivity contribution in [1.82, 2.24) is 9.97 Å². The molecular weight excluding hydrogens is 328 g/mol. The molecule has 0 aliphatic carbocycles. The van der Waals surface area contributed by atoms with Crippen LogP contribution in [0, 0.1) is 20.8 Å². The first-order valence-electron chi connectivity index (χ1n) is 9.18. The Kier molecular flexibility index (Phi) is 4.55. The topological polar surface area (TPSA) is 25.8 Å². The van der Waals surface area contributed by atoms with Crippen LogP contribution in [0.1, 0.15) is 16.7 Å². The molecule has 132 valence electrons. The molecule has 0 bridgehead atoms. The first-order valence-corrected chi connectivity index (χ1v) is 9.18. The summed E-state index contributed by atoms with van der Waals surface area (Å²) in [7, 11) is 0. The standard InChI is InChI=1S/C25H22N2/c1-17-13-23(14-18(2)19(17)3)21-8-6-7-20(15-21)22-10-11-25(27-16-22)24-9-4-5-12-26-24/h4-16H,1-3H3. The summed E-state index contributed by atoms with van der Waals surface area (Å²) in [5.74, 6) is 0. The van der Waals surface area contributed by atoms with Crippen molar-refractivity contribution in [3.05, 3.63) is 95.8 Å². The largest absolute Gasteiger partial charge is 0.255 e. The first-order chi connectivity index (χ1) is 13.1. The second kappa shape index (κ2) is 7.16. The van der Waals surface area contributed by atoms with Crippen LogP contribution in [0.25, 0.3) is 33.6 Å². The van der Waals surface area contributed by atoms with E-state index in [-0.39, 0.29) is 0 Å². The van der Waals surface area contributed by atoms with Crippen LogP contribution in [0.2, 0.25) is 0 Å². The summed E-state index contributed by atoms with van der Waals surface area (Å²) >= 11 is 0. The van der Waals surface area contributed by atoms with Gasteiger partial charge < -0.3 is 0 Å². The van der Waals surface area contributed by atoms with Crippen LogP contribution < -0.4 is 0 Å². The van der Waals surface area contributed by atoms with E-state index in [9.17, 15) is 0 Å². The average Bonchev–Trinajstić information content (AvgIpc) is 2.72. The molecule has 0 aliphatic rings. The predicted molar refractivity (Wildman–Crippen MR) is 113 cm³/mol. The third-order valence-electron chi connectivity index (χ3n) is 5.15. The normalized spacial score (nSPS) is 10.8. The van der Waals surface area contributed by atoms with Crippen molar-refractivity contribution < 1.29 is 0 Å². The van der Waals surface area contributed by atoms with Crippen LogP contribution in [0.3, 0.4) is 0 Å². The van der Waals surface area contributed by atoms with Crippen LogP contribution in [0.4, 0.5) is 0 Å². The lowest BCUT2D eigenvalue weighted by Gasteiger charge is -2.11. The second-order valence-electron chi connectivity index (χ2n) is 6.96. The number of aryl methyl sites for hydroxylation is 2. The number of hydrogen-bond acceptors (Lipinski definition) is 2. The van der Waals surface area contributed by atoms with Gasteiger partial charge in [-0.2, -0.15) is 0 Å². The van der Waals surface area contributed by atoms with Crippen LogP contribution in [-0.2, 0) is 0 Å². The van der Waals surface area contributed by atoms with E-state index in [4.69, 9.17) is 0 Å². The molecule has 0 unspecified atom stereocenters. The molecule has 4 aromatic rings. The quantitative estimate of drug-likeness (QED) is 0.427. The number of benzene rings is 2. The summed E-state index contributed by atoms with van der Waals surface area (Å²) in [4.78, 5) is 8.97. The minimum atomic E-state index is 0.889. The van der Waals surface area contributed by atoms with Gasteiger partial charge in [0.1, 0.15) is 0 Å². The van der Waals surface area contributed by atoms with Gasteiger partial charge in [-0.15, -0.1) is 0 Å². The summed E-state index contributed by atoms with van der Waals surface area (Å²) < 4.78 is 0. The fourth-order valence-electron chi connectivity index (χ4n) is 3.31. The average molecular weight is 350 g/mol. The maximum Gasteiger partial charge on any atom is 0.0886 e. The van der Waals surface area contributed by atoms with E-state index in [2.05, 4.69) is 73.2 Å². The smallest absolute Gasteiger partial charge is 0.0886 e. The SMILES string of the molecule is Cc1cc(-c2cccc(-c3ccc(-c4ccccn4)nc3)c2)cc(C)c1C. The molecule has 0 saturated heterocycles. The summed E-state index contributed by atoms with van der Waals surface area (Å²) in [6.07, 6.45) is 3.72. The van der Waals surface area contributed by atoms with Crippen molar-refractivity contribution in [3.8, 4) is 33.6 Å². The first kappa shape index (κ1) is 17.2. The number of pyridine rings is 2. The Hall–Kier alpha value is -3.26. The lowest BCUT2D eigenvalue weighted by Crippen LogP contribution is -1.90. The molecule has 2 aromatic carbocycles. The molecule has 2 aromatic heterocycles. The van der Waals surface area contributed by atoms with Crippen molar-refractivity contribution in [3.63, 3.8) is 0 Å². The third-order valence-corrected chi connectivity index (χ3v) is 5.15. The Morgan fingerprint density at radius 2 is 1.26 bits per heavy atom. The molecule has 4 rings (SSSR count). The van der Waals surface area contributed by atoms with Crippen LogP contribution in [0.5, 0.6) is 0 Å². The lowest BCUT2D eigenvalue weighted by atomic mass is 9.94. The summed E-state index contributed by atoms with van der Waals surface area (Å²) in [6, 6.07) is 23.2. The van der Waals surface area contributed by atoms with Crippen molar-refractivity contribution in [2.24, 2.45) is 0 Å². The Morgan fingerprint density at radius 3 is 1.89 bits per heavy atom. The zero-order chi connectivity index (χ0) is 18.8. The van der Waals surface area contributed by atoms with Crippen LogP contribution >= 0.6 is 0 Å². The molecule has 2 heterocycles. The molecule has 0 spiro atoms. The van der Waals surface area contributed by atoms with Gasteiger partial charge in [0.05, 0.1) is 11.4 Å². The Bertz CT molecular complexity index is 1060. The Labute approximate surface area is 160 Å². The van der Waals surface area contributed by atoms with E-state index in [1.54, 1.807) is 6.20 Å². The highest BCUT2D eigenvalue weighted by molar-refractivity contribution is 5.74. The molecule has 0 atom stereocenters. The van der Waals surface area contributed by atoms with Gasteiger partial charge in [0.15, 0.2) is 0 Å². The summed E-state index contributed by atoms with van der Waals surface area (Å²) in [5, 5.41) is 0. The maximum absolute atomic E-state index is 4.61. The molecule has 0 amide bonds. The number of rotatable bonds is 3. The van der Waals surface area contributed by atoms with E-state index in [0.29, 0.717) is 0 Å². The molecule has 27 heavy (non-hydrogen) atoms. The summed E-state index contributed by atoms with van der Waals surface area (Å²) in [5.41, 5.74) is 10.6. The number of nitrogens with zero attached hydrogens (tertiary/aromatic N) is 2. The molecule has 0 radical (unpaired) electrons. The monoisotopic (exact) mass is 350 g/mol. The van der Waals surface area contributed by atoms with Crippen molar-refractivity contribution >= 4 is 0 Å². The maximum atomic E-state index is 4.61. The highest BCUT2D eigenvalue weighted by atomic mass is 14.8. The molecule has 2 nitrogen and oxygen atoms in total. The van der Waals surface area contributed by atoms with Gasteiger partial charge in [-0.3, -0.25) is 9.97 Å². The predicted octanol–water partition coefficient (Wildman–Crippen LogP) is 6.40. The number of hydrogen-bond donors (Lipinski definition) is 0. The molecule has 2 heteroatoms. The highest BCUT2D eigenvalue weighted by Crippen LogP contribution is 2.29. The van der Waals surface area contributed by atoms with Crippen molar-refractivity contribution in [2.75, 3.05) is 0 Å². The van der Waals surface area contributed by atoms with Gasteiger partial charge in [0.2, 0.25) is 0 Å². The van der Waals surface area contributed by atoms with E-state index < -0.39 is 0 Å². The van der Waals surface area contributed by atoms with Gasteiger partial charge in [0.25, 0.3) is 0 Å². The molecule has 0 aliphatic heterocycles. The van der Waals surface area contributed by atoms with Gasteiger partial charge in [0, 0.05) is 18.0 Å². The van der Waals surface area contributed by atoms with Crippen molar-refractivity contribution in [2.45, 2.75) is 20.8 Å². The Balaban J connectivity index is 1.69. The second-order valence-corrected chi connectivity index (χ2v) is 6.96. The molecule has 0 fully saturated rings. The van der Waals surface area contributed by atoms with E-state index in [1.165, 1.54) is 33.4 Å². The zero-order valence-electron chi connectivity index (χ0n) is 15.9. The van der Waals surface area contributed by atoms with E-state index in [0.717, 1.165) is 17.0 Å². The molecule has 0 saturated carbocycles. The van der Waals surface area contributed by atoms with Crippen LogP contribution in [0.15, 0.2) is 79.1 Å². The van der Waals surface area contributed by atoms with Gasteiger partial charge in [-0.1, -0.05) is 42.5 Å². The molecular formula is C25H22N2. The fourth-order valence-corrected chi connectivity index (χ4v) is 3.31. The highest BCUT2D eigenvalue weighted by Gasteiger charge is 2.06. The van der Waals surface area contributed by atoms with Gasteiger partial charge in [-0.05, 0) is 78.4 Å². The van der Waals surface area contributed by atoms with Gasteiger partial charge >= 0.3 is 0 Å². The third kappa shape index (κ3) is 3.52. The summed E-state index contributed by atoms with van der Waals surface area (Å²) in [6.45, 7) is 6.53. The zero-order valence-corrected chi connectivity index (χ0v) is 15.9. The molecule has 0 N–H and O–H groups in total. The Morgan fingerprint density at radius 1 is 0.556 bits per heavy atom. The van der Waals surface area contributed by atoms with E-state index in [1.807, 2.05) is 30.5 Å². The number of aromatic nitrogens is 2. The minimum absolute atomic E-state index is 0.889. The van der Waals surface area contributed by atoms with Crippen LogP contribution in [-0.4, -0.2) is 9.97 Å². The van der Waals surface area contributed by atoms with Crippen molar-refractivity contribution in [1.29, 1.82) is 0 Å². The van der Waals surface area contributed by atoms with Gasteiger partial charge in [-0.25, -0.2) is 0 Å². The fraction of sp³-hybridized carbons (Fsp3) is 0.120. The minimum Gasteiger partial charge on any atom is -0.255 e. The van der Waals surface area contributed by atoms with E-state index >= 15 is 0 Å². The lowest BCUT2D eigenvalue weighted by molar-refractivity contribution is 1.25.